The van der Waals surface area contributed by atoms with Gasteiger partial charge in [-0.2, -0.15) is 0 Å². The van der Waals surface area contributed by atoms with Gasteiger partial charge in [0.05, 0.1) is 6.42 Å². The molecule has 1 N–H and O–H groups in total. The monoisotopic (exact) mass is 283 g/mol. The van der Waals surface area contributed by atoms with E-state index in [1.165, 1.54) is 0 Å². The zero-order valence-corrected chi connectivity index (χ0v) is 10.5. The molecule has 0 spiro atoms. The van der Waals surface area contributed by atoms with Gasteiger partial charge in [0, 0.05) is 23.5 Å². The molecule has 0 bridgehead atoms. The SMILES string of the molecule is O=C(Cc1ccccc1O)N1CCC(Br)C1. The summed E-state index contributed by atoms with van der Waals surface area (Å²) in [5, 5.41) is 9.57. The molecular weight excluding hydrogens is 270 g/mol. The number of likely N-dealkylation sites (tertiary alicyclic amines) is 1. The first-order valence-electron chi connectivity index (χ1n) is 5.35. The molecule has 3 nitrogen and oxygen atoms in total. The summed E-state index contributed by atoms with van der Waals surface area (Å²) in [4.78, 5) is 14.2. The third-order valence-electron chi connectivity index (χ3n) is 2.82. The van der Waals surface area contributed by atoms with Crippen LogP contribution in [0.5, 0.6) is 5.75 Å². The number of para-hydroxylation sites is 1. The van der Waals surface area contributed by atoms with Crippen molar-refractivity contribution in [3.63, 3.8) is 0 Å². The number of alkyl halides is 1. The van der Waals surface area contributed by atoms with E-state index >= 15 is 0 Å². The van der Waals surface area contributed by atoms with Crippen LogP contribution in [0, 0.1) is 0 Å². The first-order chi connectivity index (χ1) is 7.66. The number of hydrogen-bond acceptors (Lipinski definition) is 2. The second kappa shape index (κ2) is 4.87. The Hall–Kier alpha value is -1.03. The number of rotatable bonds is 2. The van der Waals surface area contributed by atoms with E-state index in [9.17, 15) is 9.90 Å². The van der Waals surface area contributed by atoms with Gasteiger partial charge >= 0.3 is 0 Å². The fraction of sp³-hybridized carbons (Fsp3) is 0.417. The van der Waals surface area contributed by atoms with E-state index in [-0.39, 0.29) is 18.1 Å². The van der Waals surface area contributed by atoms with Crippen molar-refractivity contribution in [2.45, 2.75) is 17.7 Å². The molecule has 0 aromatic heterocycles. The smallest absolute Gasteiger partial charge is 0.227 e. The van der Waals surface area contributed by atoms with Crippen molar-refractivity contribution in [2.24, 2.45) is 0 Å². The van der Waals surface area contributed by atoms with E-state index in [2.05, 4.69) is 15.9 Å². The van der Waals surface area contributed by atoms with Crippen LogP contribution in [0.4, 0.5) is 0 Å². The van der Waals surface area contributed by atoms with E-state index in [1.54, 1.807) is 18.2 Å². The Kier molecular flexibility index (Phi) is 3.49. The van der Waals surface area contributed by atoms with Crippen LogP contribution in [0.3, 0.4) is 0 Å². The lowest BCUT2D eigenvalue weighted by atomic mass is 10.1. The van der Waals surface area contributed by atoms with E-state index in [4.69, 9.17) is 0 Å². The van der Waals surface area contributed by atoms with Crippen LogP contribution in [0.15, 0.2) is 24.3 Å². The van der Waals surface area contributed by atoms with Crippen molar-refractivity contribution in [3.8, 4) is 5.75 Å². The lowest BCUT2D eigenvalue weighted by Gasteiger charge is -2.15. The van der Waals surface area contributed by atoms with Gasteiger partial charge < -0.3 is 10.0 Å². The molecule has 0 saturated carbocycles. The van der Waals surface area contributed by atoms with Crippen LogP contribution in [0.2, 0.25) is 0 Å². The van der Waals surface area contributed by atoms with Gasteiger partial charge in [0.1, 0.15) is 5.75 Å². The number of phenolic OH excluding ortho intramolecular Hbond substituents is 1. The van der Waals surface area contributed by atoms with Gasteiger partial charge in [-0.25, -0.2) is 0 Å². The zero-order chi connectivity index (χ0) is 11.5. The van der Waals surface area contributed by atoms with Crippen LogP contribution in [-0.4, -0.2) is 33.8 Å². The molecule has 1 atom stereocenters. The zero-order valence-electron chi connectivity index (χ0n) is 8.90. The predicted molar refractivity (Wildman–Crippen MR) is 65.7 cm³/mol. The maximum atomic E-state index is 11.9. The molecule has 1 amide bonds. The highest BCUT2D eigenvalue weighted by Gasteiger charge is 2.24. The Bertz CT molecular complexity index is 394. The van der Waals surface area contributed by atoms with Gasteiger partial charge in [-0.1, -0.05) is 34.1 Å². The number of nitrogens with zero attached hydrogens (tertiary/aromatic N) is 1. The van der Waals surface area contributed by atoms with Crippen molar-refractivity contribution in [1.29, 1.82) is 0 Å². The third-order valence-corrected chi connectivity index (χ3v) is 3.56. The van der Waals surface area contributed by atoms with Gasteiger partial charge in [0.2, 0.25) is 5.91 Å². The number of carbonyl (C=O) groups excluding carboxylic acids is 1. The maximum absolute atomic E-state index is 11.9. The molecule has 2 rings (SSSR count). The average Bonchev–Trinajstić information content (AvgIpc) is 2.68. The van der Waals surface area contributed by atoms with Crippen LogP contribution < -0.4 is 0 Å². The maximum Gasteiger partial charge on any atom is 0.227 e. The van der Waals surface area contributed by atoms with Gasteiger partial charge in [-0.3, -0.25) is 4.79 Å². The van der Waals surface area contributed by atoms with Crippen molar-refractivity contribution in [3.05, 3.63) is 29.8 Å². The number of aromatic hydroxyl groups is 1. The number of amides is 1. The highest BCUT2D eigenvalue weighted by Crippen LogP contribution is 2.20. The molecular formula is C12H14BrNO2. The summed E-state index contributed by atoms with van der Waals surface area (Å²) < 4.78 is 0. The topological polar surface area (TPSA) is 40.5 Å². The predicted octanol–water partition coefficient (Wildman–Crippen LogP) is 1.93. The molecule has 1 fully saturated rings. The molecule has 1 unspecified atom stereocenters. The normalized spacial score (nSPS) is 20.1. The molecule has 0 aliphatic carbocycles. The second-order valence-electron chi connectivity index (χ2n) is 4.03. The Morgan fingerprint density at radius 2 is 2.25 bits per heavy atom. The second-order valence-corrected chi connectivity index (χ2v) is 5.33. The third kappa shape index (κ3) is 2.55. The largest absolute Gasteiger partial charge is 0.508 e. The van der Waals surface area contributed by atoms with Crippen molar-refractivity contribution in [2.75, 3.05) is 13.1 Å². The van der Waals surface area contributed by atoms with Crippen LogP contribution in [0.1, 0.15) is 12.0 Å². The van der Waals surface area contributed by atoms with E-state index in [0.717, 1.165) is 19.5 Å². The minimum Gasteiger partial charge on any atom is -0.508 e. The van der Waals surface area contributed by atoms with Gasteiger partial charge in [-0.15, -0.1) is 0 Å². The number of hydrogen-bond donors (Lipinski definition) is 1. The Balaban J connectivity index is 2.00. The summed E-state index contributed by atoms with van der Waals surface area (Å²) in [6.07, 6.45) is 1.29. The molecule has 1 aliphatic rings. The van der Waals surface area contributed by atoms with Crippen LogP contribution in [0.25, 0.3) is 0 Å². The highest BCUT2D eigenvalue weighted by molar-refractivity contribution is 9.09. The fourth-order valence-electron chi connectivity index (χ4n) is 1.88. The van der Waals surface area contributed by atoms with Crippen LogP contribution >= 0.6 is 15.9 Å². The molecule has 16 heavy (non-hydrogen) atoms. The summed E-state index contributed by atoms with van der Waals surface area (Å²) >= 11 is 3.50. The standard InChI is InChI=1S/C12H14BrNO2/c13-10-5-6-14(8-10)12(16)7-9-3-1-2-4-11(9)15/h1-4,10,15H,5-8H2. The van der Waals surface area contributed by atoms with Gasteiger partial charge in [0.25, 0.3) is 0 Å². The van der Waals surface area contributed by atoms with Crippen molar-refractivity contribution < 1.29 is 9.90 Å². The molecule has 1 aromatic carbocycles. The van der Waals surface area contributed by atoms with Crippen LogP contribution in [-0.2, 0) is 11.2 Å². The fourth-order valence-corrected chi connectivity index (χ4v) is 2.43. The average molecular weight is 284 g/mol. The summed E-state index contributed by atoms with van der Waals surface area (Å²) in [5.41, 5.74) is 0.700. The Labute approximate surface area is 103 Å². The quantitative estimate of drug-likeness (QED) is 0.843. The van der Waals surface area contributed by atoms with E-state index < -0.39 is 0 Å². The van der Waals surface area contributed by atoms with Crippen molar-refractivity contribution >= 4 is 21.8 Å². The Morgan fingerprint density at radius 3 is 2.88 bits per heavy atom. The minimum absolute atomic E-state index is 0.0865. The lowest BCUT2D eigenvalue weighted by Crippen LogP contribution is -2.30. The van der Waals surface area contributed by atoms with Gasteiger partial charge in [0.15, 0.2) is 0 Å². The molecule has 0 radical (unpaired) electrons. The summed E-state index contributed by atoms with van der Waals surface area (Å²) in [7, 11) is 0. The number of carbonyl (C=O) groups is 1. The Morgan fingerprint density at radius 1 is 1.50 bits per heavy atom. The van der Waals surface area contributed by atoms with Gasteiger partial charge in [-0.05, 0) is 12.5 Å². The summed E-state index contributed by atoms with van der Waals surface area (Å²) in [6.45, 7) is 1.58. The first kappa shape index (κ1) is 11.5. The lowest BCUT2D eigenvalue weighted by molar-refractivity contribution is -0.129. The van der Waals surface area contributed by atoms with Crippen molar-refractivity contribution in [1.82, 2.24) is 4.90 Å². The molecule has 86 valence electrons. The number of phenols is 1. The molecule has 4 heteroatoms. The number of benzene rings is 1. The molecule has 1 aromatic rings. The number of halogens is 1. The molecule has 1 heterocycles. The first-order valence-corrected chi connectivity index (χ1v) is 6.27. The van der Waals surface area contributed by atoms with E-state index in [1.807, 2.05) is 11.0 Å². The molecule has 1 saturated heterocycles. The molecule has 1 aliphatic heterocycles. The van der Waals surface area contributed by atoms with E-state index in [0.29, 0.717) is 10.4 Å². The summed E-state index contributed by atoms with van der Waals surface area (Å²) in [5.74, 6) is 0.286. The highest BCUT2D eigenvalue weighted by atomic mass is 79.9. The summed E-state index contributed by atoms with van der Waals surface area (Å²) in [6, 6.07) is 6.99. The minimum atomic E-state index is 0.0865.